The number of aryl methyl sites for hydroxylation is 2. The summed E-state index contributed by atoms with van der Waals surface area (Å²) < 4.78 is 0. The number of hydrogen-bond acceptors (Lipinski definition) is 2. The van der Waals surface area contributed by atoms with Gasteiger partial charge in [0, 0.05) is 23.1 Å². The molecule has 1 aliphatic rings. The van der Waals surface area contributed by atoms with Crippen LogP contribution >= 0.6 is 11.6 Å². The van der Waals surface area contributed by atoms with Crippen LogP contribution in [0.5, 0.6) is 0 Å². The standard InChI is InChI=1S/C19H15ClO2/c1-11-3-6-13(7-4-11)10-16-17(20)19(22)15-9-12(2)5-8-14(15)18(16)21/h3-9H,10H2,1-2H3. The van der Waals surface area contributed by atoms with Crippen LogP contribution in [0.25, 0.3) is 0 Å². The molecule has 2 aromatic carbocycles. The molecular formula is C19H15ClO2. The molecule has 0 heterocycles. The minimum Gasteiger partial charge on any atom is -0.289 e. The normalized spacial score (nSPS) is 14.3. The van der Waals surface area contributed by atoms with E-state index in [2.05, 4.69) is 0 Å². The van der Waals surface area contributed by atoms with Crippen LogP contribution in [-0.4, -0.2) is 11.6 Å². The van der Waals surface area contributed by atoms with E-state index in [4.69, 9.17) is 11.6 Å². The van der Waals surface area contributed by atoms with E-state index in [-0.39, 0.29) is 16.6 Å². The summed E-state index contributed by atoms with van der Waals surface area (Å²) in [6.07, 6.45) is 0.372. The first-order valence-corrected chi connectivity index (χ1v) is 7.49. The highest BCUT2D eigenvalue weighted by atomic mass is 35.5. The van der Waals surface area contributed by atoms with E-state index >= 15 is 0 Å². The minimum absolute atomic E-state index is 0.0451. The molecule has 0 N–H and O–H groups in total. The third-order valence-corrected chi connectivity index (χ3v) is 4.30. The molecule has 0 radical (unpaired) electrons. The van der Waals surface area contributed by atoms with Crippen molar-refractivity contribution >= 4 is 23.2 Å². The second-order valence-electron chi connectivity index (χ2n) is 5.66. The molecule has 0 aliphatic heterocycles. The van der Waals surface area contributed by atoms with E-state index in [1.807, 2.05) is 44.2 Å². The lowest BCUT2D eigenvalue weighted by Crippen LogP contribution is -2.21. The summed E-state index contributed by atoms with van der Waals surface area (Å²) in [4.78, 5) is 25.1. The molecule has 0 aromatic heterocycles. The van der Waals surface area contributed by atoms with Gasteiger partial charge in [-0.25, -0.2) is 0 Å². The Labute approximate surface area is 134 Å². The molecule has 0 unspecified atom stereocenters. The SMILES string of the molecule is Cc1ccc(CC2=C(Cl)C(=O)c3cc(C)ccc3C2=O)cc1. The topological polar surface area (TPSA) is 34.1 Å². The molecule has 2 nitrogen and oxygen atoms in total. The summed E-state index contributed by atoms with van der Waals surface area (Å²) in [5.41, 5.74) is 4.29. The van der Waals surface area contributed by atoms with Crippen molar-refractivity contribution in [2.75, 3.05) is 0 Å². The van der Waals surface area contributed by atoms with Crippen LogP contribution in [0, 0.1) is 13.8 Å². The smallest absolute Gasteiger partial charge is 0.205 e. The van der Waals surface area contributed by atoms with E-state index in [1.54, 1.807) is 12.1 Å². The fraction of sp³-hybridized carbons (Fsp3) is 0.158. The fourth-order valence-electron chi connectivity index (χ4n) is 2.63. The van der Waals surface area contributed by atoms with Gasteiger partial charge >= 0.3 is 0 Å². The predicted octanol–water partition coefficient (Wildman–Crippen LogP) is 4.42. The van der Waals surface area contributed by atoms with Crippen LogP contribution in [0.4, 0.5) is 0 Å². The van der Waals surface area contributed by atoms with Gasteiger partial charge in [-0.1, -0.05) is 59.1 Å². The maximum Gasteiger partial charge on any atom is 0.205 e. The molecule has 0 atom stereocenters. The third kappa shape index (κ3) is 2.51. The van der Waals surface area contributed by atoms with E-state index in [1.165, 1.54) is 0 Å². The van der Waals surface area contributed by atoms with Crippen LogP contribution in [0.1, 0.15) is 37.4 Å². The van der Waals surface area contributed by atoms with Crippen LogP contribution in [0.3, 0.4) is 0 Å². The van der Waals surface area contributed by atoms with Crippen molar-refractivity contribution in [3.63, 3.8) is 0 Å². The summed E-state index contributed by atoms with van der Waals surface area (Å²) in [7, 11) is 0. The lowest BCUT2D eigenvalue weighted by atomic mass is 9.85. The minimum atomic E-state index is -0.262. The number of rotatable bonds is 2. The first-order chi connectivity index (χ1) is 10.5. The van der Waals surface area contributed by atoms with Crippen molar-refractivity contribution in [1.29, 1.82) is 0 Å². The average molecular weight is 311 g/mol. The second-order valence-corrected chi connectivity index (χ2v) is 6.04. The summed E-state index contributed by atoms with van der Waals surface area (Å²) in [6.45, 7) is 3.89. The number of halogens is 1. The average Bonchev–Trinajstić information content (AvgIpc) is 2.51. The first kappa shape index (κ1) is 14.7. The van der Waals surface area contributed by atoms with Gasteiger partial charge in [0.05, 0.1) is 5.03 Å². The number of hydrogen-bond donors (Lipinski definition) is 0. The molecule has 0 amide bonds. The summed E-state index contributed by atoms with van der Waals surface area (Å²) in [5.74, 6) is -0.415. The zero-order valence-electron chi connectivity index (χ0n) is 12.4. The second kappa shape index (κ2) is 5.54. The Morgan fingerprint density at radius 2 is 1.45 bits per heavy atom. The van der Waals surface area contributed by atoms with Gasteiger partial charge in [0.15, 0.2) is 5.78 Å². The first-order valence-electron chi connectivity index (χ1n) is 7.11. The number of Topliss-reactive ketones (excluding diaryl/α,β-unsaturated/α-hetero) is 2. The zero-order valence-corrected chi connectivity index (χ0v) is 13.2. The number of carbonyl (C=O) groups excluding carboxylic acids is 2. The number of fused-ring (bicyclic) bond motifs is 1. The van der Waals surface area contributed by atoms with Crippen molar-refractivity contribution in [3.8, 4) is 0 Å². The molecule has 0 bridgehead atoms. The van der Waals surface area contributed by atoms with Crippen molar-refractivity contribution in [2.45, 2.75) is 20.3 Å². The Bertz CT molecular complexity index is 814. The fourth-order valence-corrected chi connectivity index (χ4v) is 2.88. The van der Waals surface area contributed by atoms with Gasteiger partial charge in [-0.3, -0.25) is 9.59 Å². The quantitative estimate of drug-likeness (QED) is 0.823. The van der Waals surface area contributed by atoms with Gasteiger partial charge in [-0.05, 0) is 25.5 Å². The van der Waals surface area contributed by atoms with E-state index in [0.717, 1.165) is 16.7 Å². The zero-order chi connectivity index (χ0) is 15.9. The largest absolute Gasteiger partial charge is 0.289 e. The van der Waals surface area contributed by atoms with Crippen molar-refractivity contribution < 1.29 is 9.59 Å². The van der Waals surface area contributed by atoms with Gasteiger partial charge < -0.3 is 0 Å². The molecule has 0 saturated heterocycles. The molecule has 0 saturated carbocycles. The van der Waals surface area contributed by atoms with Crippen LogP contribution in [0.15, 0.2) is 53.1 Å². The van der Waals surface area contributed by atoms with Gasteiger partial charge in [-0.15, -0.1) is 0 Å². The number of ketones is 2. The van der Waals surface area contributed by atoms with Crippen LogP contribution in [-0.2, 0) is 6.42 Å². The number of benzene rings is 2. The number of carbonyl (C=O) groups is 2. The lowest BCUT2D eigenvalue weighted by molar-refractivity contribution is 0.0979. The molecule has 2 aromatic rings. The highest BCUT2D eigenvalue weighted by molar-refractivity contribution is 6.50. The lowest BCUT2D eigenvalue weighted by Gasteiger charge is -2.18. The molecular weight excluding hydrogens is 296 g/mol. The Morgan fingerprint density at radius 3 is 2.14 bits per heavy atom. The highest BCUT2D eigenvalue weighted by Gasteiger charge is 2.31. The maximum absolute atomic E-state index is 12.7. The molecule has 1 aliphatic carbocycles. The van der Waals surface area contributed by atoms with Crippen LogP contribution < -0.4 is 0 Å². The maximum atomic E-state index is 12.7. The van der Waals surface area contributed by atoms with Gasteiger partial charge in [-0.2, -0.15) is 0 Å². The van der Waals surface area contributed by atoms with Gasteiger partial charge in [0.25, 0.3) is 0 Å². The van der Waals surface area contributed by atoms with E-state index < -0.39 is 0 Å². The van der Waals surface area contributed by atoms with Gasteiger partial charge in [0.2, 0.25) is 5.78 Å². The summed E-state index contributed by atoms with van der Waals surface area (Å²) in [5, 5.41) is 0.0451. The summed E-state index contributed by atoms with van der Waals surface area (Å²) in [6, 6.07) is 13.1. The third-order valence-electron chi connectivity index (χ3n) is 3.90. The Kier molecular flexibility index (Phi) is 3.71. The number of allylic oxidation sites excluding steroid dienone is 2. The predicted molar refractivity (Wildman–Crippen MR) is 87.6 cm³/mol. The Balaban J connectivity index is 2.03. The van der Waals surface area contributed by atoms with Crippen molar-refractivity contribution in [2.24, 2.45) is 0 Å². The molecule has 0 fully saturated rings. The molecule has 3 heteroatoms. The highest BCUT2D eigenvalue weighted by Crippen LogP contribution is 2.31. The molecule has 22 heavy (non-hydrogen) atoms. The Morgan fingerprint density at radius 1 is 0.818 bits per heavy atom. The van der Waals surface area contributed by atoms with E-state index in [0.29, 0.717) is 23.1 Å². The molecule has 0 spiro atoms. The molecule has 110 valence electrons. The Hall–Kier alpha value is -2.19. The summed E-state index contributed by atoms with van der Waals surface area (Å²) >= 11 is 6.20. The van der Waals surface area contributed by atoms with Gasteiger partial charge in [0.1, 0.15) is 0 Å². The molecule has 3 rings (SSSR count). The van der Waals surface area contributed by atoms with Crippen molar-refractivity contribution in [1.82, 2.24) is 0 Å². The monoisotopic (exact) mass is 310 g/mol. The van der Waals surface area contributed by atoms with E-state index in [9.17, 15) is 9.59 Å². The van der Waals surface area contributed by atoms with Crippen LogP contribution in [0.2, 0.25) is 0 Å². The van der Waals surface area contributed by atoms with Crippen molar-refractivity contribution in [3.05, 3.63) is 80.9 Å².